The zero-order chi connectivity index (χ0) is 18.5. The molecular formula is C18H17N3O4S. The van der Waals surface area contributed by atoms with Gasteiger partial charge in [-0.05, 0) is 23.6 Å². The monoisotopic (exact) mass is 371 g/mol. The highest BCUT2D eigenvalue weighted by molar-refractivity contribution is 7.13. The second kappa shape index (κ2) is 7.83. The van der Waals surface area contributed by atoms with E-state index in [1.54, 1.807) is 18.2 Å². The lowest BCUT2D eigenvalue weighted by atomic mass is 10.2. The van der Waals surface area contributed by atoms with E-state index in [4.69, 9.17) is 9.47 Å². The Morgan fingerprint density at radius 2 is 2.08 bits per heavy atom. The molecule has 1 N–H and O–H groups in total. The van der Waals surface area contributed by atoms with Gasteiger partial charge in [0, 0.05) is 12.1 Å². The summed E-state index contributed by atoms with van der Waals surface area (Å²) in [7, 11) is 3.04. The van der Waals surface area contributed by atoms with Crippen LogP contribution in [-0.4, -0.2) is 29.7 Å². The van der Waals surface area contributed by atoms with E-state index in [9.17, 15) is 9.59 Å². The minimum Gasteiger partial charge on any atom is -0.497 e. The van der Waals surface area contributed by atoms with Crippen LogP contribution in [0.4, 0.5) is 5.69 Å². The molecule has 0 aliphatic heterocycles. The molecule has 0 aliphatic rings. The molecule has 1 amide bonds. The first-order valence-corrected chi connectivity index (χ1v) is 8.61. The Morgan fingerprint density at radius 1 is 1.23 bits per heavy atom. The molecule has 0 saturated heterocycles. The van der Waals surface area contributed by atoms with Crippen LogP contribution >= 0.6 is 11.3 Å². The lowest BCUT2D eigenvalue weighted by Crippen LogP contribution is -2.27. The number of benzene rings is 1. The minimum absolute atomic E-state index is 0.156. The maximum atomic E-state index is 12.3. The lowest BCUT2D eigenvalue weighted by Gasteiger charge is -2.12. The third kappa shape index (κ3) is 3.92. The van der Waals surface area contributed by atoms with E-state index < -0.39 is 0 Å². The highest BCUT2D eigenvalue weighted by Gasteiger charge is 2.11. The molecule has 134 valence electrons. The highest BCUT2D eigenvalue weighted by Crippen LogP contribution is 2.28. The average molecular weight is 371 g/mol. The van der Waals surface area contributed by atoms with Crippen LogP contribution in [0.15, 0.2) is 52.9 Å². The number of nitrogens with one attached hydrogen (secondary N) is 1. The summed E-state index contributed by atoms with van der Waals surface area (Å²) in [6.07, 6.45) is 1.37. The van der Waals surface area contributed by atoms with Crippen molar-refractivity contribution in [1.82, 2.24) is 9.55 Å². The van der Waals surface area contributed by atoms with Gasteiger partial charge in [-0.1, -0.05) is 6.07 Å². The van der Waals surface area contributed by atoms with Crippen LogP contribution in [0.2, 0.25) is 0 Å². The summed E-state index contributed by atoms with van der Waals surface area (Å²) in [5.41, 5.74) is 0.764. The Morgan fingerprint density at radius 3 is 2.73 bits per heavy atom. The summed E-state index contributed by atoms with van der Waals surface area (Å²) in [6.45, 7) is -0.156. The van der Waals surface area contributed by atoms with Gasteiger partial charge < -0.3 is 14.8 Å². The molecule has 2 aromatic heterocycles. The van der Waals surface area contributed by atoms with Gasteiger partial charge in [0.1, 0.15) is 18.0 Å². The van der Waals surface area contributed by atoms with Gasteiger partial charge in [0.25, 0.3) is 5.56 Å². The van der Waals surface area contributed by atoms with Crippen molar-refractivity contribution in [2.24, 2.45) is 0 Å². The van der Waals surface area contributed by atoms with Crippen molar-refractivity contribution in [1.29, 1.82) is 0 Å². The minimum atomic E-state index is -0.371. The summed E-state index contributed by atoms with van der Waals surface area (Å²) >= 11 is 1.50. The number of hydrogen-bond donors (Lipinski definition) is 1. The van der Waals surface area contributed by atoms with E-state index in [2.05, 4.69) is 10.3 Å². The Labute approximate surface area is 153 Å². The molecule has 0 spiro atoms. The number of nitrogens with zero attached hydrogens (tertiary/aromatic N) is 2. The van der Waals surface area contributed by atoms with Gasteiger partial charge in [-0.2, -0.15) is 0 Å². The smallest absolute Gasteiger partial charge is 0.254 e. The highest BCUT2D eigenvalue weighted by atomic mass is 32.1. The van der Waals surface area contributed by atoms with E-state index in [0.29, 0.717) is 22.9 Å². The Bertz CT molecular complexity index is 967. The third-order valence-corrected chi connectivity index (χ3v) is 4.54. The molecule has 0 fully saturated rings. The van der Waals surface area contributed by atoms with Crippen molar-refractivity contribution < 1.29 is 14.3 Å². The SMILES string of the molecule is COc1ccc(OC)c(NC(=O)Cn2cnc(-c3cccs3)cc2=O)c1. The van der Waals surface area contributed by atoms with E-state index in [1.165, 1.54) is 42.5 Å². The largest absolute Gasteiger partial charge is 0.497 e. The number of methoxy groups -OCH3 is 2. The summed E-state index contributed by atoms with van der Waals surface area (Å²) in [4.78, 5) is 29.7. The van der Waals surface area contributed by atoms with Crippen molar-refractivity contribution in [3.63, 3.8) is 0 Å². The molecule has 0 atom stereocenters. The molecule has 26 heavy (non-hydrogen) atoms. The van der Waals surface area contributed by atoms with Crippen LogP contribution in [0.25, 0.3) is 10.6 Å². The lowest BCUT2D eigenvalue weighted by molar-refractivity contribution is -0.116. The van der Waals surface area contributed by atoms with Gasteiger partial charge in [0.2, 0.25) is 5.91 Å². The predicted octanol–water partition coefficient (Wildman–Crippen LogP) is 2.63. The second-order valence-corrected chi connectivity index (χ2v) is 6.28. The topological polar surface area (TPSA) is 82.4 Å². The van der Waals surface area contributed by atoms with Crippen LogP contribution in [0, 0.1) is 0 Å². The first-order valence-electron chi connectivity index (χ1n) is 7.73. The number of ether oxygens (including phenoxy) is 2. The standard InChI is InChI=1S/C18H17N3O4S/c1-24-12-5-6-15(25-2)13(8-12)20-17(22)10-21-11-19-14(9-18(21)23)16-4-3-7-26-16/h3-9,11H,10H2,1-2H3,(H,20,22). The fraction of sp³-hybridized carbons (Fsp3) is 0.167. The first-order chi connectivity index (χ1) is 12.6. The van der Waals surface area contributed by atoms with Crippen LogP contribution < -0.4 is 20.3 Å². The zero-order valence-corrected chi connectivity index (χ0v) is 15.1. The van der Waals surface area contributed by atoms with E-state index in [0.717, 1.165) is 4.88 Å². The van der Waals surface area contributed by atoms with Crippen LogP contribution in [0.5, 0.6) is 11.5 Å². The molecule has 0 bridgehead atoms. The number of thiophene rings is 1. The van der Waals surface area contributed by atoms with Gasteiger partial charge in [0.05, 0.1) is 36.8 Å². The number of amides is 1. The van der Waals surface area contributed by atoms with Crippen molar-refractivity contribution in [2.45, 2.75) is 6.54 Å². The van der Waals surface area contributed by atoms with Gasteiger partial charge in [-0.15, -0.1) is 11.3 Å². The van der Waals surface area contributed by atoms with E-state index >= 15 is 0 Å². The number of carbonyl (C=O) groups is 1. The van der Waals surface area contributed by atoms with Gasteiger partial charge in [-0.3, -0.25) is 14.2 Å². The molecule has 0 radical (unpaired) electrons. The summed E-state index contributed by atoms with van der Waals surface area (Å²) < 4.78 is 11.6. The van der Waals surface area contributed by atoms with Crippen molar-refractivity contribution >= 4 is 22.9 Å². The predicted molar refractivity (Wildman–Crippen MR) is 100.0 cm³/mol. The van der Waals surface area contributed by atoms with Gasteiger partial charge in [0.15, 0.2) is 0 Å². The summed E-state index contributed by atoms with van der Waals surface area (Å²) in [5, 5.41) is 4.64. The van der Waals surface area contributed by atoms with Crippen LogP contribution in [-0.2, 0) is 11.3 Å². The molecule has 0 aliphatic carbocycles. The summed E-state index contributed by atoms with van der Waals surface area (Å²) in [6, 6.07) is 10.3. The maximum Gasteiger partial charge on any atom is 0.254 e. The quantitative estimate of drug-likeness (QED) is 0.720. The average Bonchev–Trinajstić information content (AvgIpc) is 3.18. The molecule has 2 heterocycles. The molecule has 7 nitrogen and oxygen atoms in total. The Hall–Kier alpha value is -3.13. The fourth-order valence-corrected chi connectivity index (χ4v) is 3.05. The molecule has 0 unspecified atom stereocenters. The molecule has 3 aromatic rings. The summed E-state index contributed by atoms with van der Waals surface area (Å²) in [5.74, 6) is 0.710. The Kier molecular flexibility index (Phi) is 5.33. The zero-order valence-electron chi connectivity index (χ0n) is 14.3. The van der Waals surface area contributed by atoms with Crippen LogP contribution in [0.1, 0.15) is 0 Å². The number of anilines is 1. The number of hydrogen-bond acceptors (Lipinski definition) is 6. The van der Waals surface area contributed by atoms with Gasteiger partial charge >= 0.3 is 0 Å². The molecular weight excluding hydrogens is 354 g/mol. The number of aromatic nitrogens is 2. The number of carbonyl (C=O) groups excluding carboxylic acids is 1. The van der Waals surface area contributed by atoms with Crippen molar-refractivity contribution in [2.75, 3.05) is 19.5 Å². The third-order valence-electron chi connectivity index (χ3n) is 3.65. The van der Waals surface area contributed by atoms with E-state index in [-0.39, 0.29) is 18.0 Å². The van der Waals surface area contributed by atoms with Crippen molar-refractivity contribution in [3.05, 3.63) is 58.5 Å². The molecule has 8 heteroatoms. The first kappa shape index (κ1) is 17.7. The number of rotatable bonds is 6. The van der Waals surface area contributed by atoms with Crippen LogP contribution in [0.3, 0.4) is 0 Å². The molecule has 3 rings (SSSR count). The normalized spacial score (nSPS) is 10.4. The van der Waals surface area contributed by atoms with Gasteiger partial charge in [-0.25, -0.2) is 4.98 Å². The van der Waals surface area contributed by atoms with E-state index in [1.807, 2.05) is 17.5 Å². The second-order valence-electron chi connectivity index (χ2n) is 5.33. The fourth-order valence-electron chi connectivity index (χ4n) is 2.36. The Balaban J connectivity index is 1.75. The molecule has 0 saturated carbocycles. The molecule has 1 aromatic carbocycles. The van der Waals surface area contributed by atoms with Crippen molar-refractivity contribution in [3.8, 4) is 22.1 Å². The maximum absolute atomic E-state index is 12.3.